The highest BCUT2D eigenvalue weighted by Crippen LogP contribution is 2.29. The molecule has 2 rings (SSSR count). The molecule has 0 saturated carbocycles. The van der Waals surface area contributed by atoms with Gasteiger partial charge in [-0.2, -0.15) is 0 Å². The molecule has 0 saturated heterocycles. The highest BCUT2D eigenvalue weighted by atomic mass is 79.9. The van der Waals surface area contributed by atoms with Crippen LogP contribution in [-0.2, 0) is 10.3 Å². The lowest BCUT2D eigenvalue weighted by Crippen LogP contribution is -2.44. The summed E-state index contributed by atoms with van der Waals surface area (Å²) < 4.78 is 6.02. The maximum Gasteiger partial charge on any atom is 0.306 e. The van der Waals surface area contributed by atoms with E-state index in [4.69, 9.17) is 4.74 Å². The summed E-state index contributed by atoms with van der Waals surface area (Å²) in [7, 11) is 1.54. The van der Waals surface area contributed by atoms with Crippen molar-refractivity contribution >= 4 is 39.1 Å². The maximum absolute atomic E-state index is 12.4. The third kappa shape index (κ3) is 4.33. The SMILES string of the molecule is COc1cccc(C(C)(CC(=O)O)NC(=O)c2ccc(Br)s2)c1. The van der Waals surface area contributed by atoms with Crippen LogP contribution in [0, 0.1) is 0 Å². The molecule has 1 aromatic heterocycles. The molecule has 0 aliphatic carbocycles. The second kappa shape index (κ2) is 7.14. The third-order valence-corrected chi connectivity index (χ3v) is 5.02. The molecule has 122 valence electrons. The van der Waals surface area contributed by atoms with Gasteiger partial charge in [0, 0.05) is 0 Å². The van der Waals surface area contributed by atoms with Crippen LogP contribution in [-0.4, -0.2) is 24.1 Å². The molecule has 1 atom stereocenters. The topological polar surface area (TPSA) is 75.6 Å². The first-order valence-corrected chi connectivity index (χ1v) is 8.39. The van der Waals surface area contributed by atoms with Gasteiger partial charge in [0.2, 0.25) is 0 Å². The molecule has 1 aromatic carbocycles. The number of hydrogen-bond acceptors (Lipinski definition) is 4. The van der Waals surface area contributed by atoms with Crippen molar-refractivity contribution in [3.63, 3.8) is 0 Å². The first-order chi connectivity index (χ1) is 10.8. The van der Waals surface area contributed by atoms with Gasteiger partial charge in [0.25, 0.3) is 5.91 Å². The van der Waals surface area contributed by atoms with Gasteiger partial charge in [-0.05, 0) is 52.7 Å². The Labute approximate surface area is 146 Å². The van der Waals surface area contributed by atoms with Gasteiger partial charge in [0.05, 0.1) is 27.7 Å². The van der Waals surface area contributed by atoms with Crippen LogP contribution in [0.5, 0.6) is 5.75 Å². The van der Waals surface area contributed by atoms with E-state index < -0.39 is 11.5 Å². The van der Waals surface area contributed by atoms with Crippen LogP contribution in [0.15, 0.2) is 40.2 Å². The van der Waals surface area contributed by atoms with Crippen molar-refractivity contribution in [1.29, 1.82) is 0 Å². The largest absolute Gasteiger partial charge is 0.497 e. The number of benzene rings is 1. The Hall–Kier alpha value is -1.86. The number of carboxylic acids is 1. The summed E-state index contributed by atoms with van der Waals surface area (Å²) >= 11 is 4.60. The third-order valence-electron chi connectivity index (χ3n) is 3.40. The highest BCUT2D eigenvalue weighted by molar-refractivity contribution is 9.11. The zero-order valence-corrected chi connectivity index (χ0v) is 15.0. The molecule has 1 amide bonds. The highest BCUT2D eigenvalue weighted by Gasteiger charge is 2.32. The number of carbonyl (C=O) groups excluding carboxylic acids is 1. The molecule has 0 aliphatic heterocycles. The monoisotopic (exact) mass is 397 g/mol. The van der Waals surface area contributed by atoms with Gasteiger partial charge in [-0.15, -0.1) is 11.3 Å². The van der Waals surface area contributed by atoms with Gasteiger partial charge >= 0.3 is 5.97 Å². The van der Waals surface area contributed by atoms with Crippen molar-refractivity contribution in [2.45, 2.75) is 18.9 Å². The minimum absolute atomic E-state index is 0.238. The van der Waals surface area contributed by atoms with E-state index in [1.54, 1.807) is 43.3 Å². The standard InChI is InChI=1S/C16H16BrNO4S/c1-16(9-14(19)20,10-4-3-5-11(8-10)22-2)18-15(21)12-6-7-13(17)23-12/h3-8H,9H2,1-2H3,(H,18,21)(H,19,20). The number of ether oxygens (including phenoxy) is 1. The fourth-order valence-corrected chi connectivity index (χ4v) is 3.52. The molecule has 1 heterocycles. The molecule has 0 fully saturated rings. The fraction of sp³-hybridized carbons (Fsp3) is 0.250. The molecular weight excluding hydrogens is 382 g/mol. The second-order valence-corrected chi connectivity index (χ2v) is 7.66. The molecule has 1 unspecified atom stereocenters. The average molecular weight is 398 g/mol. The van der Waals surface area contributed by atoms with E-state index in [1.165, 1.54) is 18.4 Å². The van der Waals surface area contributed by atoms with Gasteiger partial charge in [-0.25, -0.2) is 0 Å². The lowest BCUT2D eigenvalue weighted by Gasteiger charge is -2.30. The molecule has 2 aromatic rings. The zero-order chi connectivity index (χ0) is 17.0. The first kappa shape index (κ1) is 17.5. The number of nitrogens with one attached hydrogen (secondary N) is 1. The molecule has 5 nitrogen and oxygen atoms in total. The first-order valence-electron chi connectivity index (χ1n) is 6.78. The number of amides is 1. The molecule has 23 heavy (non-hydrogen) atoms. The van der Waals surface area contributed by atoms with Crippen LogP contribution in [0.2, 0.25) is 0 Å². The minimum atomic E-state index is -1.05. The minimum Gasteiger partial charge on any atom is -0.497 e. The fourth-order valence-electron chi connectivity index (χ4n) is 2.24. The number of carboxylic acid groups (broad SMARTS) is 1. The van der Waals surface area contributed by atoms with Gasteiger partial charge in [-0.3, -0.25) is 9.59 Å². The van der Waals surface area contributed by atoms with Crippen LogP contribution in [0.3, 0.4) is 0 Å². The van der Waals surface area contributed by atoms with Gasteiger partial charge < -0.3 is 15.2 Å². The van der Waals surface area contributed by atoms with Crippen LogP contribution >= 0.6 is 27.3 Å². The number of aliphatic carboxylic acids is 1. The second-order valence-electron chi connectivity index (χ2n) is 5.19. The molecular formula is C16H16BrNO4S. The predicted octanol–water partition coefficient (Wildman–Crippen LogP) is 3.64. The molecule has 7 heteroatoms. The van der Waals surface area contributed by atoms with Gasteiger partial charge in [0.1, 0.15) is 5.75 Å². The van der Waals surface area contributed by atoms with Crippen molar-refractivity contribution in [1.82, 2.24) is 5.32 Å². The van der Waals surface area contributed by atoms with E-state index in [-0.39, 0.29) is 12.3 Å². The number of hydrogen-bond donors (Lipinski definition) is 2. The van der Waals surface area contributed by atoms with Crippen molar-refractivity contribution in [3.05, 3.63) is 50.6 Å². The van der Waals surface area contributed by atoms with Crippen LogP contribution in [0.4, 0.5) is 0 Å². The van der Waals surface area contributed by atoms with Crippen molar-refractivity contribution in [2.75, 3.05) is 7.11 Å². The predicted molar refractivity (Wildman–Crippen MR) is 92.1 cm³/mol. The summed E-state index contributed by atoms with van der Waals surface area (Å²) in [6.07, 6.45) is -0.238. The summed E-state index contributed by atoms with van der Waals surface area (Å²) in [6, 6.07) is 10.5. The average Bonchev–Trinajstić information content (AvgIpc) is 2.93. The maximum atomic E-state index is 12.4. The summed E-state index contributed by atoms with van der Waals surface area (Å²) in [6.45, 7) is 1.69. The van der Waals surface area contributed by atoms with E-state index in [0.717, 1.165) is 3.79 Å². The van der Waals surface area contributed by atoms with Crippen LogP contribution in [0.1, 0.15) is 28.6 Å². The molecule has 0 bridgehead atoms. The number of thiophene rings is 1. The summed E-state index contributed by atoms with van der Waals surface area (Å²) in [5.41, 5.74) is -0.378. The smallest absolute Gasteiger partial charge is 0.306 e. The van der Waals surface area contributed by atoms with E-state index in [9.17, 15) is 14.7 Å². The molecule has 2 N–H and O–H groups in total. The van der Waals surface area contributed by atoms with E-state index in [2.05, 4.69) is 21.2 Å². The lowest BCUT2D eigenvalue weighted by atomic mass is 9.88. The van der Waals surface area contributed by atoms with Crippen LogP contribution < -0.4 is 10.1 Å². The Balaban J connectivity index is 2.34. The van der Waals surface area contributed by atoms with Crippen molar-refractivity contribution < 1.29 is 19.4 Å². The van der Waals surface area contributed by atoms with Crippen molar-refractivity contribution in [2.24, 2.45) is 0 Å². The van der Waals surface area contributed by atoms with Crippen LogP contribution in [0.25, 0.3) is 0 Å². The summed E-state index contributed by atoms with van der Waals surface area (Å²) in [5, 5.41) is 12.1. The summed E-state index contributed by atoms with van der Waals surface area (Å²) in [5.74, 6) is -0.706. The Morgan fingerprint density at radius 3 is 2.65 bits per heavy atom. The Morgan fingerprint density at radius 2 is 2.09 bits per heavy atom. The lowest BCUT2D eigenvalue weighted by molar-refractivity contribution is -0.138. The Morgan fingerprint density at radius 1 is 1.35 bits per heavy atom. The van der Waals surface area contributed by atoms with Gasteiger partial charge in [0.15, 0.2) is 0 Å². The number of rotatable bonds is 6. The zero-order valence-electron chi connectivity index (χ0n) is 12.6. The van der Waals surface area contributed by atoms with E-state index in [1.807, 2.05) is 0 Å². The molecule has 0 aliphatic rings. The Bertz CT molecular complexity index is 730. The number of halogens is 1. The molecule has 0 radical (unpaired) electrons. The normalized spacial score (nSPS) is 13.2. The van der Waals surface area contributed by atoms with Gasteiger partial charge in [-0.1, -0.05) is 12.1 Å². The Kier molecular flexibility index (Phi) is 5.43. The van der Waals surface area contributed by atoms with Crippen molar-refractivity contribution in [3.8, 4) is 5.75 Å². The summed E-state index contributed by atoms with van der Waals surface area (Å²) in [4.78, 5) is 24.2. The quantitative estimate of drug-likeness (QED) is 0.779. The van der Waals surface area contributed by atoms with E-state index in [0.29, 0.717) is 16.2 Å². The van der Waals surface area contributed by atoms with E-state index >= 15 is 0 Å². The number of carbonyl (C=O) groups is 2. The molecule has 0 spiro atoms. The number of methoxy groups -OCH3 is 1.